The summed E-state index contributed by atoms with van der Waals surface area (Å²) >= 11 is 1.59. The number of alkyl halides is 3. The number of hydrogen-bond acceptors (Lipinski definition) is 3. The molecule has 0 radical (unpaired) electrons. The number of halogens is 3. The summed E-state index contributed by atoms with van der Waals surface area (Å²) in [5.41, 5.74) is 0.799. The third kappa shape index (κ3) is 3.91. The van der Waals surface area contributed by atoms with Crippen LogP contribution in [0.4, 0.5) is 13.2 Å². The zero-order chi connectivity index (χ0) is 15.6. The lowest BCUT2D eigenvalue weighted by Gasteiger charge is -2.25. The Bertz CT molecular complexity index is 504. The molecule has 21 heavy (non-hydrogen) atoms. The van der Waals surface area contributed by atoms with Crippen LogP contribution in [0, 0.1) is 0 Å². The number of carbonyl (C=O) groups excluding carboxylic acids is 1. The van der Waals surface area contributed by atoms with E-state index in [0.29, 0.717) is 0 Å². The molecule has 2 unspecified atom stereocenters. The van der Waals surface area contributed by atoms with Gasteiger partial charge in [0.2, 0.25) is 5.91 Å². The molecule has 0 bridgehead atoms. The minimum Gasteiger partial charge on any atom is -0.321 e. The van der Waals surface area contributed by atoms with Gasteiger partial charge in [-0.25, -0.2) is 0 Å². The van der Waals surface area contributed by atoms with Crippen molar-refractivity contribution in [2.45, 2.75) is 36.6 Å². The van der Waals surface area contributed by atoms with Crippen molar-refractivity contribution in [3.05, 3.63) is 29.8 Å². The molecule has 1 fully saturated rings. The van der Waals surface area contributed by atoms with Gasteiger partial charge in [0.05, 0.1) is 12.5 Å². The van der Waals surface area contributed by atoms with Crippen molar-refractivity contribution in [2.24, 2.45) is 0 Å². The van der Waals surface area contributed by atoms with Gasteiger partial charge in [-0.1, -0.05) is 12.1 Å². The lowest BCUT2D eigenvalue weighted by Crippen LogP contribution is -2.33. The summed E-state index contributed by atoms with van der Waals surface area (Å²) in [4.78, 5) is 14.4. The van der Waals surface area contributed by atoms with E-state index in [1.807, 2.05) is 30.5 Å². The van der Waals surface area contributed by atoms with Crippen LogP contribution in [0.15, 0.2) is 29.2 Å². The third-order valence-electron chi connectivity index (χ3n) is 3.44. The highest BCUT2D eigenvalue weighted by atomic mass is 32.2. The predicted octanol–water partition coefficient (Wildman–Crippen LogP) is 3.18. The van der Waals surface area contributed by atoms with E-state index in [4.69, 9.17) is 0 Å². The number of carbonyl (C=O) groups is 1. The van der Waals surface area contributed by atoms with Crippen molar-refractivity contribution >= 4 is 17.7 Å². The van der Waals surface area contributed by atoms with E-state index in [9.17, 15) is 18.0 Å². The first-order valence-corrected chi connectivity index (χ1v) is 7.81. The van der Waals surface area contributed by atoms with Crippen LogP contribution in [0.3, 0.4) is 0 Å². The first kappa shape index (κ1) is 16.2. The highest BCUT2D eigenvalue weighted by Crippen LogP contribution is 2.29. The van der Waals surface area contributed by atoms with Gasteiger partial charge in [-0.3, -0.25) is 10.1 Å². The molecule has 3 nitrogen and oxygen atoms in total. The quantitative estimate of drug-likeness (QED) is 0.866. The minimum atomic E-state index is -4.26. The summed E-state index contributed by atoms with van der Waals surface area (Å²) in [6.07, 6.45) is -3.80. The smallest absolute Gasteiger partial charge is 0.321 e. The molecule has 1 aromatic carbocycles. The Morgan fingerprint density at radius 3 is 2.43 bits per heavy atom. The zero-order valence-corrected chi connectivity index (χ0v) is 12.6. The van der Waals surface area contributed by atoms with Gasteiger partial charge in [-0.2, -0.15) is 13.2 Å². The molecular formula is C14H17F3N2OS. The fourth-order valence-electron chi connectivity index (χ4n) is 2.32. The summed E-state index contributed by atoms with van der Waals surface area (Å²) in [5, 5.41) is 3.05. The van der Waals surface area contributed by atoms with E-state index in [2.05, 4.69) is 5.32 Å². The Hall–Kier alpha value is -1.21. The number of benzene rings is 1. The molecule has 1 heterocycles. The number of nitrogens with zero attached hydrogens (tertiary/aromatic N) is 1. The molecule has 1 N–H and O–H groups in total. The number of nitrogens with one attached hydrogen (secondary N) is 1. The highest BCUT2D eigenvalue weighted by Gasteiger charge is 2.39. The Balaban J connectivity index is 2.16. The normalized spacial score (nSPS) is 22.9. The average molecular weight is 318 g/mol. The first-order chi connectivity index (χ1) is 9.81. The summed E-state index contributed by atoms with van der Waals surface area (Å²) < 4.78 is 37.2. The van der Waals surface area contributed by atoms with Crippen molar-refractivity contribution in [3.63, 3.8) is 0 Å². The van der Waals surface area contributed by atoms with E-state index in [-0.39, 0.29) is 12.5 Å². The molecule has 1 aliphatic rings. The van der Waals surface area contributed by atoms with Crippen molar-refractivity contribution in [1.29, 1.82) is 0 Å². The SMILES string of the molecule is CSc1ccc(C2NC(C)C(=O)N2CCC(F)(F)F)cc1. The van der Waals surface area contributed by atoms with Crippen LogP contribution < -0.4 is 5.32 Å². The maximum atomic E-state index is 12.4. The van der Waals surface area contributed by atoms with Gasteiger partial charge in [0.15, 0.2) is 0 Å². The molecule has 7 heteroatoms. The summed E-state index contributed by atoms with van der Waals surface area (Å²) in [7, 11) is 0. The molecule has 116 valence electrons. The van der Waals surface area contributed by atoms with E-state index < -0.39 is 24.8 Å². The monoisotopic (exact) mass is 318 g/mol. The van der Waals surface area contributed by atoms with Gasteiger partial charge in [-0.05, 0) is 30.9 Å². The first-order valence-electron chi connectivity index (χ1n) is 6.59. The zero-order valence-electron chi connectivity index (χ0n) is 11.8. The molecule has 1 aromatic rings. The van der Waals surface area contributed by atoms with Crippen molar-refractivity contribution < 1.29 is 18.0 Å². The van der Waals surface area contributed by atoms with Crippen LogP contribution in [0.2, 0.25) is 0 Å². The van der Waals surface area contributed by atoms with Gasteiger partial charge in [0, 0.05) is 11.4 Å². The average Bonchev–Trinajstić information content (AvgIpc) is 2.72. The lowest BCUT2D eigenvalue weighted by molar-refractivity contribution is -0.145. The molecular weight excluding hydrogens is 301 g/mol. The second-order valence-corrected chi connectivity index (χ2v) is 5.84. The fourth-order valence-corrected chi connectivity index (χ4v) is 2.73. The summed E-state index contributed by atoms with van der Waals surface area (Å²) in [6, 6.07) is 7.02. The fraction of sp³-hybridized carbons (Fsp3) is 0.500. The van der Waals surface area contributed by atoms with Crippen LogP contribution >= 0.6 is 11.8 Å². The van der Waals surface area contributed by atoms with Crippen molar-refractivity contribution in [1.82, 2.24) is 10.2 Å². The topological polar surface area (TPSA) is 32.3 Å². The number of amides is 1. The molecule has 0 saturated carbocycles. The van der Waals surface area contributed by atoms with E-state index in [1.54, 1.807) is 18.7 Å². The molecule has 2 atom stereocenters. The van der Waals surface area contributed by atoms with Crippen molar-refractivity contribution in [3.8, 4) is 0 Å². The number of rotatable bonds is 4. The van der Waals surface area contributed by atoms with Crippen LogP contribution in [0.25, 0.3) is 0 Å². The van der Waals surface area contributed by atoms with Crippen LogP contribution in [-0.4, -0.2) is 35.8 Å². The predicted molar refractivity (Wildman–Crippen MR) is 75.9 cm³/mol. The number of hydrogen-bond donors (Lipinski definition) is 1. The van der Waals surface area contributed by atoms with E-state index >= 15 is 0 Å². The van der Waals surface area contributed by atoms with Crippen molar-refractivity contribution in [2.75, 3.05) is 12.8 Å². The Labute approximate surface area is 125 Å². The third-order valence-corrected chi connectivity index (χ3v) is 4.18. The maximum absolute atomic E-state index is 12.4. The standard InChI is InChI=1S/C14H17F3N2OS/c1-9-13(20)19(8-7-14(15,16)17)12(18-9)10-3-5-11(21-2)6-4-10/h3-6,9,12,18H,7-8H2,1-2H3. The van der Waals surface area contributed by atoms with E-state index in [1.165, 1.54) is 4.90 Å². The molecule has 0 aliphatic carbocycles. The Morgan fingerprint density at radius 1 is 1.29 bits per heavy atom. The minimum absolute atomic E-state index is 0.293. The van der Waals surface area contributed by atoms with Crippen LogP contribution in [0.1, 0.15) is 25.1 Å². The second-order valence-electron chi connectivity index (χ2n) is 4.96. The lowest BCUT2D eigenvalue weighted by atomic mass is 10.1. The van der Waals surface area contributed by atoms with Gasteiger partial charge >= 0.3 is 6.18 Å². The number of thioether (sulfide) groups is 1. The molecule has 2 rings (SSSR count). The molecule has 0 spiro atoms. The molecule has 1 saturated heterocycles. The maximum Gasteiger partial charge on any atom is 0.390 e. The van der Waals surface area contributed by atoms with Gasteiger partial charge in [0.25, 0.3) is 0 Å². The van der Waals surface area contributed by atoms with Gasteiger partial charge in [0.1, 0.15) is 6.17 Å². The van der Waals surface area contributed by atoms with Gasteiger partial charge in [-0.15, -0.1) is 11.8 Å². The largest absolute Gasteiger partial charge is 0.390 e. The van der Waals surface area contributed by atoms with Crippen LogP contribution in [0.5, 0.6) is 0 Å². The Morgan fingerprint density at radius 2 is 1.90 bits per heavy atom. The van der Waals surface area contributed by atoms with E-state index in [0.717, 1.165) is 10.5 Å². The molecule has 1 amide bonds. The second kappa shape index (κ2) is 6.27. The summed E-state index contributed by atoms with van der Waals surface area (Å²) in [6.45, 7) is 1.34. The Kier molecular flexibility index (Phi) is 4.83. The summed E-state index contributed by atoms with van der Waals surface area (Å²) in [5.74, 6) is -0.293. The van der Waals surface area contributed by atoms with Gasteiger partial charge < -0.3 is 4.90 Å². The highest BCUT2D eigenvalue weighted by molar-refractivity contribution is 7.98. The molecule has 1 aliphatic heterocycles. The van der Waals surface area contributed by atoms with Crippen LogP contribution in [-0.2, 0) is 4.79 Å². The molecule has 0 aromatic heterocycles.